The summed E-state index contributed by atoms with van der Waals surface area (Å²) in [5.74, 6) is 0.505. The van der Waals surface area contributed by atoms with Crippen molar-refractivity contribution >= 4 is 5.91 Å². The molecule has 108 valence electrons. The molecular weight excluding hydrogens is 236 g/mol. The second-order valence-corrected chi connectivity index (χ2v) is 6.26. The van der Waals surface area contributed by atoms with E-state index < -0.39 is 0 Å². The number of hydrogen-bond donors (Lipinski definition) is 0. The molecule has 2 aliphatic rings. The fraction of sp³-hybridized carbons (Fsp3) is 0.812. The highest BCUT2D eigenvalue weighted by Crippen LogP contribution is 2.31. The Balaban J connectivity index is 1.85. The molecule has 0 N–H and O–H groups in total. The maximum absolute atomic E-state index is 12.3. The zero-order valence-corrected chi connectivity index (χ0v) is 12.6. The normalized spacial score (nSPS) is 27.7. The van der Waals surface area contributed by atoms with Gasteiger partial charge in [-0.05, 0) is 39.2 Å². The Kier molecular flexibility index (Phi) is 5.03. The molecule has 0 unspecified atom stereocenters. The van der Waals surface area contributed by atoms with Crippen LogP contribution in [0.5, 0.6) is 0 Å². The molecule has 3 heteroatoms. The summed E-state index contributed by atoms with van der Waals surface area (Å²) < 4.78 is 0. The van der Waals surface area contributed by atoms with Crippen molar-refractivity contribution < 1.29 is 4.79 Å². The van der Waals surface area contributed by atoms with Crippen molar-refractivity contribution in [3.63, 3.8) is 0 Å². The van der Waals surface area contributed by atoms with Crippen LogP contribution in [0.4, 0.5) is 0 Å². The molecule has 2 heterocycles. The summed E-state index contributed by atoms with van der Waals surface area (Å²) in [6.07, 6.45) is 9.19. The summed E-state index contributed by atoms with van der Waals surface area (Å²) in [4.78, 5) is 17.0. The van der Waals surface area contributed by atoms with E-state index in [-0.39, 0.29) is 5.92 Å². The Bertz CT molecular complexity index is 324. The number of carbonyl (C=O) groups excluding carboxylic acids is 1. The molecule has 0 aromatic heterocycles. The Morgan fingerprint density at radius 1 is 1.26 bits per heavy atom. The predicted octanol–water partition coefficient (Wildman–Crippen LogP) is 2.67. The lowest BCUT2D eigenvalue weighted by Crippen LogP contribution is -2.56. The van der Waals surface area contributed by atoms with Crippen LogP contribution < -0.4 is 0 Å². The van der Waals surface area contributed by atoms with Gasteiger partial charge in [0.2, 0.25) is 5.91 Å². The van der Waals surface area contributed by atoms with Crippen molar-refractivity contribution in [2.45, 2.75) is 58.5 Å². The van der Waals surface area contributed by atoms with Crippen LogP contribution in [0, 0.1) is 5.92 Å². The topological polar surface area (TPSA) is 23.6 Å². The van der Waals surface area contributed by atoms with Gasteiger partial charge < -0.3 is 4.90 Å². The summed E-state index contributed by atoms with van der Waals surface area (Å²) in [5.41, 5.74) is 0. The van der Waals surface area contributed by atoms with E-state index in [2.05, 4.69) is 28.9 Å². The summed E-state index contributed by atoms with van der Waals surface area (Å²) in [6, 6.07) is 0.964. The molecule has 2 rings (SSSR count). The first-order valence-corrected chi connectivity index (χ1v) is 7.79. The average Bonchev–Trinajstić information content (AvgIpc) is 2.64. The van der Waals surface area contributed by atoms with Gasteiger partial charge in [0.15, 0.2) is 0 Å². The van der Waals surface area contributed by atoms with E-state index in [4.69, 9.17) is 0 Å². The van der Waals surface area contributed by atoms with Gasteiger partial charge in [-0.3, -0.25) is 9.69 Å². The lowest BCUT2D eigenvalue weighted by atomic mass is 10.1. The molecule has 2 aliphatic heterocycles. The van der Waals surface area contributed by atoms with Crippen molar-refractivity contribution in [2.24, 2.45) is 5.92 Å². The minimum Gasteiger partial charge on any atom is -0.334 e. The highest BCUT2D eigenvalue weighted by molar-refractivity contribution is 5.79. The highest BCUT2D eigenvalue weighted by atomic mass is 16.2. The zero-order chi connectivity index (χ0) is 13.8. The standard InChI is InChI=1S/C16H28N2O/c1-4-5-6-7-10-17-11-14-8-9-15(12-17)18(14)16(19)13(2)3/h4-5,13-15H,6-12H2,1-3H3/b5-4+/t14-,15+. The Labute approximate surface area is 117 Å². The number of allylic oxidation sites excluding steroid dienone is 2. The number of nitrogens with zero attached hydrogens (tertiary/aromatic N) is 2. The SMILES string of the molecule is C/C=C/CCCN1C[C@H]2CC[C@@H](C1)N2C(=O)C(C)C. The fourth-order valence-corrected chi connectivity index (χ4v) is 3.43. The number of carbonyl (C=O) groups is 1. The van der Waals surface area contributed by atoms with Gasteiger partial charge in [0.05, 0.1) is 0 Å². The van der Waals surface area contributed by atoms with Crippen molar-refractivity contribution in [3.05, 3.63) is 12.2 Å². The van der Waals surface area contributed by atoms with E-state index >= 15 is 0 Å². The second-order valence-electron chi connectivity index (χ2n) is 6.26. The first-order chi connectivity index (χ1) is 9.13. The van der Waals surface area contributed by atoms with Gasteiger partial charge in [-0.1, -0.05) is 26.0 Å². The molecule has 0 aromatic carbocycles. The number of hydrogen-bond acceptors (Lipinski definition) is 2. The van der Waals surface area contributed by atoms with Crippen LogP contribution >= 0.6 is 0 Å². The number of piperazine rings is 1. The number of unbranched alkanes of at least 4 members (excludes halogenated alkanes) is 1. The summed E-state index contributed by atoms with van der Waals surface area (Å²) in [6.45, 7) is 9.48. The Morgan fingerprint density at radius 3 is 2.42 bits per heavy atom. The second kappa shape index (κ2) is 6.56. The molecule has 2 atom stereocenters. The molecular formula is C16H28N2O. The van der Waals surface area contributed by atoms with E-state index in [0.29, 0.717) is 18.0 Å². The van der Waals surface area contributed by atoms with Crippen molar-refractivity contribution in [3.8, 4) is 0 Å². The van der Waals surface area contributed by atoms with Crippen LogP contribution in [0.15, 0.2) is 12.2 Å². The number of fused-ring (bicyclic) bond motifs is 2. The maximum atomic E-state index is 12.3. The smallest absolute Gasteiger partial charge is 0.225 e. The van der Waals surface area contributed by atoms with Gasteiger partial charge in [-0.25, -0.2) is 0 Å². The first-order valence-electron chi connectivity index (χ1n) is 7.79. The van der Waals surface area contributed by atoms with E-state index in [1.54, 1.807) is 0 Å². The zero-order valence-electron chi connectivity index (χ0n) is 12.6. The molecule has 2 saturated heterocycles. The summed E-state index contributed by atoms with van der Waals surface area (Å²) >= 11 is 0. The van der Waals surface area contributed by atoms with E-state index in [9.17, 15) is 4.79 Å². The molecule has 1 amide bonds. The minimum atomic E-state index is 0.143. The molecule has 0 radical (unpaired) electrons. The van der Waals surface area contributed by atoms with Gasteiger partial charge in [-0.15, -0.1) is 0 Å². The van der Waals surface area contributed by atoms with E-state index in [1.165, 1.54) is 32.2 Å². The van der Waals surface area contributed by atoms with E-state index in [1.807, 2.05) is 13.8 Å². The number of likely N-dealkylation sites (tertiary alicyclic amines) is 1. The molecule has 19 heavy (non-hydrogen) atoms. The van der Waals surface area contributed by atoms with Crippen LogP contribution in [0.25, 0.3) is 0 Å². The molecule has 2 fully saturated rings. The number of rotatable bonds is 5. The highest BCUT2D eigenvalue weighted by Gasteiger charge is 2.42. The van der Waals surface area contributed by atoms with Crippen LogP contribution in [0.3, 0.4) is 0 Å². The predicted molar refractivity (Wildman–Crippen MR) is 79.0 cm³/mol. The van der Waals surface area contributed by atoms with E-state index in [0.717, 1.165) is 13.1 Å². The molecule has 3 nitrogen and oxygen atoms in total. The number of amides is 1. The lowest BCUT2D eigenvalue weighted by molar-refractivity contribution is -0.140. The molecule has 0 aliphatic carbocycles. The van der Waals surface area contributed by atoms with Crippen LogP contribution in [0.2, 0.25) is 0 Å². The van der Waals surface area contributed by atoms with Gasteiger partial charge in [0, 0.05) is 31.1 Å². The third-order valence-corrected chi connectivity index (χ3v) is 4.39. The molecule has 2 bridgehead atoms. The van der Waals surface area contributed by atoms with Gasteiger partial charge >= 0.3 is 0 Å². The van der Waals surface area contributed by atoms with Crippen molar-refractivity contribution in [2.75, 3.05) is 19.6 Å². The molecule has 0 aromatic rings. The average molecular weight is 264 g/mol. The fourth-order valence-electron chi connectivity index (χ4n) is 3.43. The quantitative estimate of drug-likeness (QED) is 0.563. The van der Waals surface area contributed by atoms with Gasteiger partial charge in [0.25, 0.3) is 0 Å². The third-order valence-electron chi connectivity index (χ3n) is 4.39. The van der Waals surface area contributed by atoms with Crippen LogP contribution in [-0.4, -0.2) is 47.4 Å². The first kappa shape index (κ1) is 14.6. The Morgan fingerprint density at radius 2 is 1.89 bits per heavy atom. The largest absolute Gasteiger partial charge is 0.334 e. The molecule has 0 saturated carbocycles. The monoisotopic (exact) mass is 264 g/mol. The van der Waals surface area contributed by atoms with Crippen LogP contribution in [-0.2, 0) is 4.79 Å². The summed E-state index contributed by atoms with van der Waals surface area (Å²) in [7, 11) is 0. The Hall–Kier alpha value is -0.830. The third kappa shape index (κ3) is 3.38. The summed E-state index contributed by atoms with van der Waals surface area (Å²) in [5, 5.41) is 0. The van der Waals surface area contributed by atoms with Crippen molar-refractivity contribution in [1.29, 1.82) is 0 Å². The van der Waals surface area contributed by atoms with Crippen molar-refractivity contribution in [1.82, 2.24) is 9.80 Å². The molecule has 0 spiro atoms. The maximum Gasteiger partial charge on any atom is 0.225 e. The minimum absolute atomic E-state index is 0.143. The van der Waals surface area contributed by atoms with Gasteiger partial charge in [-0.2, -0.15) is 0 Å². The lowest BCUT2D eigenvalue weighted by Gasteiger charge is -2.42. The van der Waals surface area contributed by atoms with Crippen LogP contribution in [0.1, 0.15) is 46.5 Å². The van der Waals surface area contributed by atoms with Gasteiger partial charge in [0.1, 0.15) is 0 Å².